The summed E-state index contributed by atoms with van der Waals surface area (Å²) in [4.78, 5) is 16.3. The van der Waals surface area contributed by atoms with Gasteiger partial charge >= 0.3 is 0 Å². The van der Waals surface area contributed by atoms with Crippen molar-refractivity contribution in [2.45, 2.75) is 6.54 Å². The standard InChI is InChI=1S/C16H15FN4O/c1-19-14(22)9-21-13-4-2-3-12(18)15(13)20-16(21)10-5-7-11(17)8-6-10/h2-8H,9,18H2,1H3,(H,19,22). The summed E-state index contributed by atoms with van der Waals surface area (Å²) in [6, 6.07) is 11.4. The summed E-state index contributed by atoms with van der Waals surface area (Å²) in [6.07, 6.45) is 0. The van der Waals surface area contributed by atoms with Crippen LogP contribution in [0.25, 0.3) is 22.4 Å². The predicted octanol–water partition coefficient (Wildman–Crippen LogP) is 2.17. The number of likely N-dealkylation sites (N-methyl/N-ethyl adjacent to an activating group) is 1. The molecular weight excluding hydrogens is 283 g/mol. The topological polar surface area (TPSA) is 72.9 Å². The van der Waals surface area contributed by atoms with E-state index in [1.165, 1.54) is 12.1 Å². The molecule has 0 bridgehead atoms. The fourth-order valence-electron chi connectivity index (χ4n) is 2.37. The van der Waals surface area contributed by atoms with Crippen molar-refractivity contribution >= 4 is 22.6 Å². The lowest BCUT2D eigenvalue weighted by atomic mass is 10.2. The first kappa shape index (κ1) is 14.1. The molecule has 1 heterocycles. The third-order valence-corrected chi connectivity index (χ3v) is 3.49. The van der Waals surface area contributed by atoms with Crippen LogP contribution in [-0.4, -0.2) is 22.5 Å². The molecule has 3 N–H and O–H groups in total. The Kier molecular flexibility index (Phi) is 3.50. The molecule has 112 valence electrons. The Bertz CT molecular complexity index is 839. The monoisotopic (exact) mass is 298 g/mol. The van der Waals surface area contributed by atoms with E-state index in [2.05, 4.69) is 10.3 Å². The van der Waals surface area contributed by atoms with E-state index in [4.69, 9.17) is 5.73 Å². The lowest BCUT2D eigenvalue weighted by Gasteiger charge is -2.08. The Morgan fingerprint density at radius 2 is 2.00 bits per heavy atom. The molecule has 0 radical (unpaired) electrons. The van der Waals surface area contributed by atoms with Crippen molar-refractivity contribution in [1.82, 2.24) is 14.9 Å². The van der Waals surface area contributed by atoms with Crippen molar-refractivity contribution in [3.05, 3.63) is 48.3 Å². The van der Waals surface area contributed by atoms with E-state index in [1.54, 1.807) is 29.8 Å². The molecule has 0 aliphatic rings. The molecule has 0 aliphatic carbocycles. The second kappa shape index (κ2) is 5.48. The highest BCUT2D eigenvalue weighted by Crippen LogP contribution is 2.28. The summed E-state index contributed by atoms with van der Waals surface area (Å²) >= 11 is 0. The van der Waals surface area contributed by atoms with Gasteiger partial charge in [-0.2, -0.15) is 0 Å². The number of halogens is 1. The molecule has 0 fully saturated rings. The number of hydrogen-bond donors (Lipinski definition) is 2. The van der Waals surface area contributed by atoms with Gasteiger partial charge in [0, 0.05) is 12.6 Å². The van der Waals surface area contributed by atoms with Crippen molar-refractivity contribution in [3.63, 3.8) is 0 Å². The van der Waals surface area contributed by atoms with Crippen LogP contribution in [-0.2, 0) is 11.3 Å². The van der Waals surface area contributed by atoms with Gasteiger partial charge in [-0.25, -0.2) is 9.37 Å². The highest BCUT2D eigenvalue weighted by molar-refractivity contribution is 5.91. The Hall–Kier alpha value is -2.89. The third-order valence-electron chi connectivity index (χ3n) is 3.49. The summed E-state index contributed by atoms with van der Waals surface area (Å²) < 4.78 is 14.9. The summed E-state index contributed by atoms with van der Waals surface area (Å²) in [6.45, 7) is 0.114. The fraction of sp³-hybridized carbons (Fsp3) is 0.125. The van der Waals surface area contributed by atoms with Gasteiger partial charge in [0.25, 0.3) is 0 Å². The van der Waals surface area contributed by atoms with Crippen molar-refractivity contribution in [2.75, 3.05) is 12.8 Å². The largest absolute Gasteiger partial charge is 0.397 e. The molecule has 1 aromatic heterocycles. The zero-order valence-corrected chi connectivity index (χ0v) is 12.0. The highest BCUT2D eigenvalue weighted by atomic mass is 19.1. The molecule has 0 unspecified atom stereocenters. The van der Waals surface area contributed by atoms with E-state index in [0.29, 0.717) is 17.0 Å². The van der Waals surface area contributed by atoms with E-state index in [9.17, 15) is 9.18 Å². The van der Waals surface area contributed by atoms with Crippen LogP contribution in [0, 0.1) is 5.82 Å². The van der Waals surface area contributed by atoms with Crippen LogP contribution in [0.2, 0.25) is 0 Å². The number of carbonyl (C=O) groups is 1. The molecule has 5 nitrogen and oxygen atoms in total. The van der Waals surface area contributed by atoms with Gasteiger partial charge in [-0.15, -0.1) is 0 Å². The quantitative estimate of drug-likeness (QED) is 0.728. The lowest BCUT2D eigenvalue weighted by molar-refractivity contribution is -0.121. The van der Waals surface area contributed by atoms with E-state index in [0.717, 1.165) is 11.1 Å². The molecule has 0 aliphatic heterocycles. The van der Waals surface area contributed by atoms with Crippen LogP contribution in [0.3, 0.4) is 0 Å². The molecule has 0 spiro atoms. The maximum Gasteiger partial charge on any atom is 0.239 e. The summed E-state index contributed by atoms with van der Waals surface area (Å²) in [5.74, 6) is 0.110. The highest BCUT2D eigenvalue weighted by Gasteiger charge is 2.16. The Labute approximate surface area is 126 Å². The number of amides is 1. The molecule has 22 heavy (non-hydrogen) atoms. The summed E-state index contributed by atoms with van der Waals surface area (Å²) in [7, 11) is 1.58. The fourth-order valence-corrected chi connectivity index (χ4v) is 2.37. The summed E-state index contributed by atoms with van der Waals surface area (Å²) in [5.41, 5.74) is 8.63. The van der Waals surface area contributed by atoms with Gasteiger partial charge in [0.15, 0.2) is 0 Å². The van der Waals surface area contributed by atoms with Gasteiger partial charge in [-0.05, 0) is 36.4 Å². The van der Waals surface area contributed by atoms with Gasteiger partial charge < -0.3 is 15.6 Å². The predicted molar refractivity (Wildman–Crippen MR) is 83.6 cm³/mol. The van der Waals surface area contributed by atoms with E-state index < -0.39 is 0 Å². The van der Waals surface area contributed by atoms with Crippen LogP contribution in [0.15, 0.2) is 42.5 Å². The second-order valence-electron chi connectivity index (χ2n) is 4.92. The minimum atomic E-state index is -0.322. The minimum Gasteiger partial charge on any atom is -0.397 e. The van der Waals surface area contributed by atoms with Gasteiger partial charge in [0.2, 0.25) is 5.91 Å². The van der Waals surface area contributed by atoms with E-state index in [-0.39, 0.29) is 18.3 Å². The zero-order chi connectivity index (χ0) is 15.7. The molecule has 2 aromatic carbocycles. The second-order valence-corrected chi connectivity index (χ2v) is 4.92. The number of fused-ring (bicyclic) bond motifs is 1. The van der Waals surface area contributed by atoms with E-state index >= 15 is 0 Å². The average Bonchev–Trinajstić information content (AvgIpc) is 2.88. The van der Waals surface area contributed by atoms with Gasteiger partial charge in [-0.1, -0.05) is 6.07 Å². The minimum absolute atomic E-state index is 0.114. The molecule has 0 saturated carbocycles. The first-order valence-corrected chi connectivity index (χ1v) is 6.81. The van der Waals surface area contributed by atoms with Crippen LogP contribution >= 0.6 is 0 Å². The van der Waals surface area contributed by atoms with Crippen LogP contribution in [0.4, 0.5) is 10.1 Å². The van der Waals surface area contributed by atoms with Crippen molar-refractivity contribution in [1.29, 1.82) is 0 Å². The molecule has 0 atom stereocenters. The maximum atomic E-state index is 13.1. The van der Waals surface area contributed by atoms with Crippen LogP contribution in [0.1, 0.15) is 0 Å². The smallest absolute Gasteiger partial charge is 0.239 e. The number of nitrogens with zero attached hydrogens (tertiary/aromatic N) is 2. The van der Waals surface area contributed by atoms with E-state index in [1.807, 2.05) is 12.1 Å². The van der Waals surface area contributed by atoms with Crippen LogP contribution in [0.5, 0.6) is 0 Å². The normalized spacial score (nSPS) is 10.8. The van der Waals surface area contributed by atoms with Crippen molar-refractivity contribution in [3.8, 4) is 11.4 Å². The number of nitrogens with two attached hydrogens (primary N) is 1. The van der Waals surface area contributed by atoms with Gasteiger partial charge in [-0.3, -0.25) is 4.79 Å². The Morgan fingerprint density at radius 3 is 2.68 bits per heavy atom. The summed E-state index contributed by atoms with van der Waals surface area (Å²) in [5, 5.41) is 2.59. The third kappa shape index (κ3) is 2.39. The zero-order valence-electron chi connectivity index (χ0n) is 12.0. The molecular formula is C16H15FN4O. The molecule has 3 rings (SSSR count). The average molecular weight is 298 g/mol. The number of nitrogen functional groups attached to an aromatic ring is 1. The molecule has 0 saturated heterocycles. The van der Waals surface area contributed by atoms with Crippen LogP contribution < -0.4 is 11.1 Å². The molecule has 1 amide bonds. The van der Waals surface area contributed by atoms with Crippen molar-refractivity contribution < 1.29 is 9.18 Å². The number of aromatic nitrogens is 2. The number of benzene rings is 2. The molecule has 3 aromatic rings. The number of nitrogens with one attached hydrogen (secondary N) is 1. The number of carbonyl (C=O) groups excluding carboxylic acids is 1. The number of para-hydroxylation sites is 1. The number of rotatable bonds is 3. The van der Waals surface area contributed by atoms with Gasteiger partial charge in [0.1, 0.15) is 23.7 Å². The first-order valence-electron chi connectivity index (χ1n) is 6.81. The number of anilines is 1. The first-order chi connectivity index (χ1) is 10.6. The molecule has 6 heteroatoms. The maximum absolute atomic E-state index is 13.1. The number of hydrogen-bond acceptors (Lipinski definition) is 3. The van der Waals surface area contributed by atoms with Crippen molar-refractivity contribution in [2.24, 2.45) is 0 Å². The Balaban J connectivity index is 2.23. The lowest BCUT2D eigenvalue weighted by Crippen LogP contribution is -2.23. The van der Waals surface area contributed by atoms with Gasteiger partial charge in [0.05, 0.1) is 11.2 Å². The SMILES string of the molecule is CNC(=O)Cn1c(-c2ccc(F)cc2)nc2c(N)cccc21. The number of imidazole rings is 1. The Morgan fingerprint density at radius 1 is 1.27 bits per heavy atom.